The van der Waals surface area contributed by atoms with Crippen LogP contribution in [0.15, 0.2) is 35.0 Å². The van der Waals surface area contributed by atoms with E-state index in [0.717, 1.165) is 18.8 Å². The van der Waals surface area contributed by atoms with E-state index in [2.05, 4.69) is 50.5 Å². The van der Waals surface area contributed by atoms with Gasteiger partial charge < -0.3 is 14.4 Å². The number of hydrogen-bond donors (Lipinski definition) is 1. The summed E-state index contributed by atoms with van der Waals surface area (Å²) in [5.74, 6) is 1.41. The van der Waals surface area contributed by atoms with E-state index in [1.54, 1.807) is 0 Å². The van der Waals surface area contributed by atoms with Crippen molar-refractivity contribution < 1.29 is 4.52 Å². The maximum Gasteiger partial charge on any atom is 0.226 e. The maximum atomic E-state index is 5.15. The zero-order valence-electron chi connectivity index (χ0n) is 11.8. The Morgan fingerprint density at radius 3 is 2.95 bits per heavy atom. The second kappa shape index (κ2) is 5.46. The molecule has 0 unspecified atom stereocenters. The lowest BCUT2D eigenvalue weighted by Gasteiger charge is -2.04. The smallest absolute Gasteiger partial charge is 0.226 e. The molecular weight excluding hydrogens is 252 g/mol. The van der Waals surface area contributed by atoms with Crippen LogP contribution in [0.5, 0.6) is 0 Å². The molecule has 0 bridgehead atoms. The Morgan fingerprint density at radius 2 is 2.20 bits per heavy atom. The molecule has 0 radical (unpaired) electrons. The van der Waals surface area contributed by atoms with Crippen molar-refractivity contribution >= 4 is 10.9 Å². The number of nitrogens with zero attached hydrogens (tertiary/aromatic N) is 3. The molecule has 1 N–H and O–H groups in total. The van der Waals surface area contributed by atoms with E-state index in [4.69, 9.17) is 4.52 Å². The number of rotatable bonds is 5. The lowest BCUT2D eigenvalue weighted by atomic mass is 10.1. The van der Waals surface area contributed by atoms with Gasteiger partial charge in [-0.2, -0.15) is 4.98 Å². The minimum Gasteiger partial charge on any atom is -0.340 e. The minimum atomic E-state index is 0.635. The highest BCUT2D eigenvalue weighted by Crippen LogP contribution is 2.18. The molecular formula is C15H18N4O. The molecule has 3 rings (SSSR count). The Bertz CT molecular complexity index is 714. The summed E-state index contributed by atoms with van der Waals surface area (Å²) in [6.45, 7) is 3.51. The van der Waals surface area contributed by atoms with Crippen LogP contribution in [-0.4, -0.2) is 21.8 Å². The van der Waals surface area contributed by atoms with Crippen molar-refractivity contribution in [2.45, 2.75) is 26.4 Å². The molecule has 0 atom stereocenters. The van der Waals surface area contributed by atoms with Crippen LogP contribution in [0.2, 0.25) is 0 Å². The molecule has 1 aromatic carbocycles. The van der Waals surface area contributed by atoms with Crippen molar-refractivity contribution in [2.24, 2.45) is 0 Å². The number of fused-ring (bicyclic) bond motifs is 1. The molecule has 5 heteroatoms. The second-order valence-corrected chi connectivity index (χ2v) is 4.83. The van der Waals surface area contributed by atoms with Gasteiger partial charge in [0.05, 0.1) is 6.54 Å². The number of benzene rings is 1. The van der Waals surface area contributed by atoms with Gasteiger partial charge in [0.1, 0.15) is 0 Å². The van der Waals surface area contributed by atoms with Crippen LogP contribution in [0.1, 0.15) is 24.2 Å². The molecule has 5 nitrogen and oxygen atoms in total. The van der Waals surface area contributed by atoms with Gasteiger partial charge in [0.25, 0.3) is 0 Å². The average molecular weight is 270 g/mol. The first-order valence-corrected chi connectivity index (χ1v) is 6.84. The Hall–Kier alpha value is -2.14. The van der Waals surface area contributed by atoms with Crippen LogP contribution in [0.25, 0.3) is 10.9 Å². The van der Waals surface area contributed by atoms with Gasteiger partial charge in [-0.1, -0.05) is 24.2 Å². The highest BCUT2D eigenvalue weighted by molar-refractivity contribution is 5.80. The summed E-state index contributed by atoms with van der Waals surface area (Å²) < 4.78 is 7.30. The van der Waals surface area contributed by atoms with E-state index >= 15 is 0 Å². The summed E-state index contributed by atoms with van der Waals surface area (Å²) in [4.78, 5) is 4.36. The molecule has 0 saturated carbocycles. The van der Waals surface area contributed by atoms with E-state index in [0.29, 0.717) is 12.4 Å². The van der Waals surface area contributed by atoms with Crippen molar-refractivity contribution in [1.82, 2.24) is 20.0 Å². The van der Waals surface area contributed by atoms with Crippen LogP contribution >= 0.6 is 0 Å². The molecule has 0 aliphatic carbocycles. The van der Waals surface area contributed by atoms with E-state index < -0.39 is 0 Å². The van der Waals surface area contributed by atoms with Crippen LogP contribution in [0.4, 0.5) is 0 Å². The van der Waals surface area contributed by atoms with Gasteiger partial charge in [-0.3, -0.25) is 0 Å². The van der Waals surface area contributed by atoms with Gasteiger partial charge >= 0.3 is 0 Å². The lowest BCUT2D eigenvalue weighted by molar-refractivity contribution is 0.375. The number of nitrogens with one attached hydrogen (secondary N) is 1. The lowest BCUT2D eigenvalue weighted by Crippen LogP contribution is -2.05. The predicted molar refractivity (Wildman–Crippen MR) is 77.5 cm³/mol. The van der Waals surface area contributed by atoms with Gasteiger partial charge in [-0.05, 0) is 30.1 Å². The molecule has 0 spiro atoms. The van der Waals surface area contributed by atoms with Gasteiger partial charge in [0, 0.05) is 24.7 Å². The van der Waals surface area contributed by atoms with Crippen LogP contribution in [0.3, 0.4) is 0 Å². The SMILES string of the molecule is CCc1nc(Cn2ccc3ccc(CNC)cc32)no1. The normalized spacial score (nSPS) is 11.3. The molecule has 0 aliphatic heterocycles. The third kappa shape index (κ3) is 2.44. The summed E-state index contributed by atoms with van der Waals surface area (Å²) in [6.07, 6.45) is 2.83. The Morgan fingerprint density at radius 1 is 1.30 bits per heavy atom. The van der Waals surface area contributed by atoms with E-state index in [9.17, 15) is 0 Å². The Kier molecular flexibility index (Phi) is 3.52. The van der Waals surface area contributed by atoms with Gasteiger partial charge in [-0.15, -0.1) is 0 Å². The third-order valence-electron chi connectivity index (χ3n) is 3.34. The number of aromatic nitrogens is 3. The first-order chi connectivity index (χ1) is 9.80. The number of aryl methyl sites for hydroxylation is 1. The van der Waals surface area contributed by atoms with Crippen molar-refractivity contribution in [3.05, 3.63) is 47.7 Å². The largest absolute Gasteiger partial charge is 0.340 e. The predicted octanol–water partition coefficient (Wildman–Crippen LogP) is 2.35. The highest BCUT2D eigenvalue weighted by Gasteiger charge is 2.08. The fraction of sp³-hybridized carbons (Fsp3) is 0.333. The van der Waals surface area contributed by atoms with E-state index in [1.165, 1.54) is 16.5 Å². The molecule has 20 heavy (non-hydrogen) atoms. The van der Waals surface area contributed by atoms with E-state index in [-0.39, 0.29) is 0 Å². The molecule has 0 saturated heterocycles. The van der Waals surface area contributed by atoms with Crippen molar-refractivity contribution in [3.8, 4) is 0 Å². The summed E-state index contributed by atoms with van der Waals surface area (Å²) >= 11 is 0. The Balaban J connectivity index is 1.92. The van der Waals surface area contributed by atoms with Gasteiger partial charge in [0.2, 0.25) is 5.89 Å². The summed E-state index contributed by atoms with van der Waals surface area (Å²) in [5, 5.41) is 8.41. The zero-order valence-corrected chi connectivity index (χ0v) is 11.8. The van der Waals surface area contributed by atoms with Crippen LogP contribution in [-0.2, 0) is 19.5 Å². The summed E-state index contributed by atoms with van der Waals surface area (Å²) in [6, 6.07) is 8.60. The van der Waals surface area contributed by atoms with Crippen molar-refractivity contribution in [1.29, 1.82) is 0 Å². The topological polar surface area (TPSA) is 55.9 Å². The van der Waals surface area contributed by atoms with E-state index in [1.807, 2.05) is 14.0 Å². The average Bonchev–Trinajstić information content (AvgIpc) is 3.07. The summed E-state index contributed by atoms with van der Waals surface area (Å²) in [5.41, 5.74) is 2.46. The van der Waals surface area contributed by atoms with Gasteiger partial charge in [-0.25, -0.2) is 0 Å². The first-order valence-electron chi connectivity index (χ1n) is 6.84. The fourth-order valence-electron chi connectivity index (χ4n) is 2.33. The zero-order chi connectivity index (χ0) is 13.9. The highest BCUT2D eigenvalue weighted by atomic mass is 16.5. The molecule has 0 aliphatic rings. The Labute approximate surface area is 117 Å². The molecule has 0 fully saturated rings. The minimum absolute atomic E-state index is 0.635. The monoisotopic (exact) mass is 270 g/mol. The van der Waals surface area contributed by atoms with Gasteiger partial charge in [0.15, 0.2) is 5.82 Å². The van der Waals surface area contributed by atoms with Crippen molar-refractivity contribution in [2.75, 3.05) is 7.05 Å². The summed E-state index contributed by atoms with van der Waals surface area (Å²) in [7, 11) is 1.95. The molecule has 104 valence electrons. The third-order valence-corrected chi connectivity index (χ3v) is 3.34. The van der Waals surface area contributed by atoms with Crippen molar-refractivity contribution in [3.63, 3.8) is 0 Å². The molecule has 3 aromatic rings. The number of hydrogen-bond acceptors (Lipinski definition) is 4. The maximum absolute atomic E-state index is 5.15. The quantitative estimate of drug-likeness (QED) is 0.773. The second-order valence-electron chi connectivity index (χ2n) is 4.83. The molecule has 2 aromatic heterocycles. The van der Waals surface area contributed by atoms with Crippen LogP contribution in [0, 0.1) is 0 Å². The standard InChI is InChI=1S/C15H18N4O/c1-3-15-17-14(18-20-15)10-19-7-6-12-5-4-11(9-16-2)8-13(12)19/h4-8,16H,3,9-10H2,1-2H3. The molecule has 0 amide bonds. The molecule has 2 heterocycles. The fourth-order valence-corrected chi connectivity index (χ4v) is 2.33. The van der Waals surface area contributed by atoms with Crippen LogP contribution < -0.4 is 5.32 Å². The first kappa shape index (κ1) is 12.9.